The van der Waals surface area contributed by atoms with E-state index in [1.165, 1.54) is 0 Å². The van der Waals surface area contributed by atoms with Gasteiger partial charge in [0.2, 0.25) is 5.88 Å². The van der Waals surface area contributed by atoms with E-state index in [2.05, 4.69) is 4.98 Å². The summed E-state index contributed by atoms with van der Waals surface area (Å²) in [6, 6.07) is 11.7. The van der Waals surface area contributed by atoms with E-state index in [9.17, 15) is 3.89 Å². The average molecular weight is 408 g/mol. The molecule has 1 heterocycles. The van der Waals surface area contributed by atoms with Gasteiger partial charge in [-0.3, -0.25) is 0 Å². The lowest BCUT2D eigenvalue weighted by atomic mass is 10.1. The summed E-state index contributed by atoms with van der Waals surface area (Å²) < 4.78 is 27.9. The second kappa shape index (κ2) is 13.1. The lowest BCUT2D eigenvalue weighted by Gasteiger charge is -2.11. The summed E-state index contributed by atoms with van der Waals surface area (Å²) in [7, 11) is 1.80. The van der Waals surface area contributed by atoms with Crippen LogP contribution in [0.3, 0.4) is 0 Å². The molecule has 0 saturated heterocycles. The first-order valence-electron chi connectivity index (χ1n) is 8.93. The van der Waals surface area contributed by atoms with Crippen LogP contribution >= 0.6 is 12.1 Å². The normalized spacial score (nSPS) is 11.1. The van der Waals surface area contributed by atoms with E-state index in [4.69, 9.17) is 20.1 Å². The van der Waals surface area contributed by atoms with Gasteiger partial charge in [0, 0.05) is 37.2 Å². The third-order valence-corrected chi connectivity index (χ3v) is 4.00. The first-order valence-corrected chi connectivity index (χ1v) is 9.82. The molecule has 6 nitrogen and oxygen atoms in total. The molecule has 2 aromatic rings. The highest BCUT2D eigenvalue weighted by Crippen LogP contribution is 2.14. The SMILES string of the molecule is CN(N)c1ccc(/C=C/c2ccc(OCCOCCOCCSF)nc2)cc1. The van der Waals surface area contributed by atoms with Gasteiger partial charge >= 0.3 is 0 Å². The molecule has 1 aromatic heterocycles. The summed E-state index contributed by atoms with van der Waals surface area (Å²) in [6.07, 6.45) is 5.76. The zero-order valence-electron chi connectivity index (χ0n) is 15.9. The molecular formula is C20H26FN3O3S. The van der Waals surface area contributed by atoms with E-state index in [0.29, 0.717) is 44.7 Å². The molecule has 152 valence electrons. The number of pyridine rings is 1. The number of aromatic nitrogens is 1. The van der Waals surface area contributed by atoms with Gasteiger partial charge in [0.05, 0.1) is 32.1 Å². The molecule has 2 N–H and O–H groups in total. The monoisotopic (exact) mass is 407 g/mol. The standard InChI is InChI=1S/C20H26FN3O3S/c1-24(22)19-7-4-17(5-8-19)2-3-18-6-9-20(23-16-18)27-13-12-25-10-11-26-14-15-28-21/h2-9,16H,10-15,22H2,1H3/b3-2+. The van der Waals surface area contributed by atoms with Gasteiger partial charge in [-0.25, -0.2) is 10.8 Å². The number of hydrogen-bond donors (Lipinski definition) is 1. The molecule has 0 aliphatic carbocycles. The zero-order valence-corrected chi connectivity index (χ0v) is 16.7. The molecular weight excluding hydrogens is 381 g/mol. The van der Waals surface area contributed by atoms with Crippen molar-refractivity contribution in [2.45, 2.75) is 0 Å². The van der Waals surface area contributed by atoms with Crippen molar-refractivity contribution in [3.05, 3.63) is 53.7 Å². The number of rotatable bonds is 13. The topological polar surface area (TPSA) is 69.8 Å². The number of hydrogen-bond acceptors (Lipinski definition) is 7. The maximum absolute atomic E-state index is 11.8. The summed E-state index contributed by atoms with van der Waals surface area (Å²) in [6.45, 7) is 2.15. The van der Waals surface area contributed by atoms with Crippen LogP contribution in [0, 0.1) is 0 Å². The highest BCUT2D eigenvalue weighted by molar-refractivity contribution is 7.94. The van der Waals surface area contributed by atoms with E-state index in [0.717, 1.165) is 16.8 Å². The van der Waals surface area contributed by atoms with Gasteiger partial charge in [-0.1, -0.05) is 24.3 Å². The minimum absolute atomic E-state index is 0.273. The second-order valence-electron chi connectivity index (χ2n) is 5.85. The van der Waals surface area contributed by atoms with Crippen LogP contribution < -0.4 is 15.6 Å². The third kappa shape index (κ3) is 8.71. The molecule has 2 rings (SSSR count). The smallest absolute Gasteiger partial charge is 0.213 e. The minimum atomic E-state index is 0.273. The van der Waals surface area contributed by atoms with Crippen molar-refractivity contribution in [2.75, 3.05) is 50.8 Å². The highest BCUT2D eigenvalue weighted by Gasteiger charge is 1.97. The summed E-state index contributed by atoms with van der Waals surface area (Å²) in [4.78, 5) is 4.28. The van der Waals surface area contributed by atoms with Crippen LogP contribution in [0.15, 0.2) is 42.6 Å². The zero-order chi connectivity index (χ0) is 20.0. The van der Waals surface area contributed by atoms with E-state index < -0.39 is 0 Å². The molecule has 1 aromatic carbocycles. The van der Waals surface area contributed by atoms with Crippen molar-refractivity contribution in [1.29, 1.82) is 0 Å². The molecule has 0 saturated carbocycles. The number of hydrazine groups is 1. The Morgan fingerprint density at radius 1 is 0.964 bits per heavy atom. The summed E-state index contributed by atoms with van der Waals surface area (Å²) in [5.74, 6) is 6.59. The van der Waals surface area contributed by atoms with Crippen LogP contribution in [0.5, 0.6) is 5.88 Å². The maximum Gasteiger partial charge on any atom is 0.213 e. The predicted octanol–water partition coefficient (Wildman–Crippen LogP) is 3.59. The lowest BCUT2D eigenvalue weighted by molar-refractivity contribution is 0.0406. The van der Waals surface area contributed by atoms with Crippen LogP contribution in [0.25, 0.3) is 12.2 Å². The van der Waals surface area contributed by atoms with Gasteiger partial charge in [-0.15, -0.1) is 0 Å². The van der Waals surface area contributed by atoms with Crippen molar-refractivity contribution in [3.8, 4) is 5.88 Å². The number of anilines is 1. The number of halogens is 1. The fourth-order valence-corrected chi connectivity index (χ4v) is 2.39. The predicted molar refractivity (Wildman–Crippen MR) is 113 cm³/mol. The van der Waals surface area contributed by atoms with Crippen LogP contribution in [0.2, 0.25) is 0 Å². The Kier molecular flexibility index (Phi) is 10.4. The third-order valence-electron chi connectivity index (χ3n) is 3.68. The molecule has 0 atom stereocenters. The van der Waals surface area contributed by atoms with Crippen molar-refractivity contribution >= 4 is 30.0 Å². The van der Waals surface area contributed by atoms with Gasteiger partial charge in [0.15, 0.2) is 0 Å². The summed E-state index contributed by atoms with van der Waals surface area (Å²) >= 11 is 0.273. The molecule has 8 heteroatoms. The van der Waals surface area contributed by atoms with Gasteiger partial charge < -0.3 is 19.2 Å². The van der Waals surface area contributed by atoms with Crippen molar-refractivity contribution < 1.29 is 18.1 Å². The first-order chi connectivity index (χ1) is 13.7. The van der Waals surface area contributed by atoms with E-state index in [1.54, 1.807) is 18.3 Å². The van der Waals surface area contributed by atoms with Gasteiger partial charge in [-0.2, -0.15) is 3.89 Å². The first kappa shape index (κ1) is 22.2. The fraction of sp³-hybridized carbons (Fsp3) is 0.350. The Balaban J connectivity index is 1.66. The Bertz CT molecular complexity index is 697. The number of nitrogens with two attached hydrogens (primary N) is 1. The molecule has 0 aliphatic rings. The molecule has 0 unspecified atom stereocenters. The van der Waals surface area contributed by atoms with Crippen LogP contribution in [-0.4, -0.2) is 50.8 Å². The highest BCUT2D eigenvalue weighted by atomic mass is 32.2. The van der Waals surface area contributed by atoms with Crippen LogP contribution in [-0.2, 0) is 9.47 Å². The summed E-state index contributed by atoms with van der Waals surface area (Å²) in [5, 5.41) is 1.57. The molecule has 28 heavy (non-hydrogen) atoms. The van der Waals surface area contributed by atoms with Crippen LogP contribution in [0.1, 0.15) is 11.1 Å². The van der Waals surface area contributed by atoms with Crippen LogP contribution in [0.4, 0.5) is 9.57 Å². The van der Waals surface area contributed by atoms with Gasteiger partial charge in [0.1, 0.15) is 6.61 Å². The average Bonchev–Trinajstić information content (AvgIpc) is 2.72. The molecule has 0 aliphatic heterocycles. The Morgan fingerprint density at radius 2 is 1.61 bits per heavy atom. The van der Waals surface area contributed by atoms with Gasteiger partial charge in [0.25, 0.3) is 0 Å². The quantitative estimate of drug-likeness (QED) is 0.309. The van der Waals surface area contributed by atoms with E-state index >= 15 is 0 Å². The van der Waals surface area contributed by atoms with E-state index in [-0.39, 0.29) is 12.1 Å². The number of benzene rings is 1. The molecule has 0 amide bonds. The molecule has 0 bridgehead atoms. The number of ether oxygens (including phenoxy) is 3. The maximum atomic E-state index is 11.8. The van der Waals surface area contributed by atoms with Crippen molar-refractivity contribution in [2.24, 2.45) is 5.84 Å². The Morgan fingerprint density at radius 3 is 2.25 bits per heavy atom. The number of nitrogens with zero attached hydrogens (tertiary/aromatic N) is 2. The van der Waals surface area contributed by atoms with E-state index in [1.807, 2.05) is 48.6 Å². The molecule has 0 spiro atoms. The Hall–Kier alpha value is -2.13. The summed E-state index contributed by atoms with van der Waals surface area (Å²) in [5.41, 5.74) is 3.01. The fourth-order valence-electron chi connectivity index (χ4n) is 2.21. The second-order valence-corrected chi connectivity index (χ2v) is 6.48. The minimum Gasteiger partial charge on any atom is -0.475 e. The lowest BCUT2D eigenvalue weighted by Crippen LogP contribution is -2.24. The van der Waals surface area contributed by atoms with Crippen molar-refractivity contribution in [3.63, 3.8) is 0 Å². The Labute approximate surface area is 169 Å². The molecule has 0 fully saturated rings. The van der Waals surface area contributed by atoms with Crippen molar-refractivity contribution in [1.82, 2.24) is 4.98 Å². The largest absolute Gasteiger partial charge is 0.475 e. The van der Waals surface area contributed by atoms with Gasteiger partial charge in [-0.05, 0) is 29.3 Å². The molecule has 0 radical (unpaired) electrons.